The van der Waals surface area contributed by atoms with Gasteiger partial charge in [0.05, 0.1) is 0 Å². The van der Waals surface area contributed by atoms with Gasteiger partial charge in [0.25, 0.3) is 0 Å². The molecule has 170 valence electrons. The molecule has 0 aromatic heterocycles. The fourth-order valence-electron chi connectivity index (χ4n) is 3.21. The van der Waals surface area contributed by atoms with Crippen LogP contribution >= 0.6 is 0 Å². The van der Waals surface area contributed by atoms with E-state index < -0.39 is 43.5 Å². The Balaban J connectivity index is 5.27. The topological polar surface area (TPSA) is 73.8 Å². The Morgan fingerprint density at radius 1 is 0.571 bits per heavy atom. The predicted octanol–water partition coefficient (Wildman–Crippen LogP) is 3.04. The number of hydrogen-bond donors (Lipinski definition) is 0. The van der Waals surface area contributed by atoms with Crippen molar-refractivity contribution < 1.29 is 34.8 Å². The fraction of sp³-hybridized carbons (Fsp3) is 1.00. The van der Waals surface area contributed by atoms with Crippen molar-refractivity contribution in [2.75, 3.05) is 42.7 Å². The van der Waals surface area contributed by atoms with Crippen molar-refractivity contribution in [3.63, 3.8) is 0 Å². The van der Waals surface area contributed by atoms with Gasteiger partial charge in [0.15, 0.2) is 17.4 Å². The SMILES string of the molecule is CO[Si](CC[Si](C)(C)O[Si](C)(CC[Si](OC)(OC)OC)O[SiH](C)C)(OC)OC. The van der Waals surface area contributed by atoms with E-state index in [0.717, 1.165) is 18.1 Å². The molecule has 0 saturated heterocycles. The molecule has 0 heterocycles. The molecule has 13 heteroatoms. The largest absolute Gasteiger partial charge is 0.500 e. The third-order valence-electron chi connectivity index (χ3n) is 4.76. The van der Waals surface area contributed by atoms with Crippen LogP contribution in [0.15, 0.2) is 0 Å². The summed E-state index contributed by atoms with van der Waals surface area (Å²) in [6, 6.07) is 3.06. The third kappa shape index (κ3) is 9.28. The molecule has 0 fully saturated rings. The molecular formula is C15H42O8Si5. The lowest BCUT2D eigenvalue weighted by Crippen LogP contribution is -2.54. The van der Waals surface area contributed by atoms with Crippen molar-refractivity contribution in [1.29, 1.82) is 0 Å². The minimum absolute atomic E-state index is 0.678. The zero-order valence-electron chi connectivity index (χ0n) is 19.7. The van der Waals surface area contributed by atoms with E-state index in [1.807, 2.05) is 0 Å². The van der Waals surface area contributed by atoms with Gasteiger partial charge in [-0.2, -0.15) is 0 Å². The lowest BCUT2D eigenvalue weighted by Gasteiger charge is -2.39. The Bertz CT molecular complexity index is 418. The van der Waals surface area contributed by atoms with E-state index >= 15 is 0 Å². The monoisotopic (exact) mass is 490 g/mol. The van der Waals surface area contributed by atoms with Crippen molar-refractivity contribution in [3.05, 3.63) is 0 Å². The second-order valence-electron chi connectivity index (χ2n) is 7.75. The van der Waals surface area contributed by atoms with Crippen LogP contribution in [0.1, 0.15) is 0 Å². The van der Waals surface area contributed by atoms with E-state index in [1.165, 1.54) is 0 Å². The van der Waals surface area contributed by atoms with Gasteiger partial charge in [-0.05, 0) is 44.8 Å². The third-order valence-corrected chi connectivity index (χ3v) is 21.6. The highest BCUT2D eigenvalue weighted by molar-refractivity contribution is 6.86. The minimum Gasteiger partial charge on any atom is -0.439 e. The summed E-state index contributed by atoms with van der Waals surface area (Å²) in [5.74, 6) is 0. The maximum Gasteiger partial charge on any atom is 0.500 e. The first-order chi connectivity index (χ1) is 12.9. The van der Waals surface area contributed by atoms with E-state index in [-0.39, 0.29) is 0 Å². The van der Waals surface area contributed by atoms with Crippen molar-refractivity contribution in [1.82, 2.24) is 0 Å². The van der Waals surface area contributed by atoms with Gasteiger partial charge in [-0.25, -0.2) is 0 Å². The lowest BCUT2D eigenvalue weighted by molar-refractivity contribution is 0.124. The Morgan fingerprint density at radius 2 is 0.929 bits per heavy atom. The van der Waals surface area contributed by atoms with Gasteiger partial charge in [0.1, 0.15) is 0 Å². The second kappa shape index (κ2) is 12.6. The van der Waals surface area contributed by atoms with Gasteiger partial charge in [-0.3, -0.25) is 0 Å². The average Bonchev–Trinajstić information content (AvgIpc) is 2.64. The van der Waals surface area contributed by atoms with Crippen molar-refractivity contribution >= 4 is 43.5 Å². The zero-order valence-corrected chi connectivity index (χ0v) is 24.8. The average molecular weight is 491 g/mol. The molecule has 0 saturated carbocycles. The first-order valence-corrected chi connectivity index (χ1v) is 21.9. The highest BCUT2D eigenvalue weighted by Gasteiger charge is 2.47. The molecule has 8 nitrogen and oxygen atoms in total. The van der Waals surface area contributed by atoms with E-state index in [4.69, 9.17) is 34.8 Å². The molecule has 1 atom stereocenters. The maximum absolute atomic E-state index is 6.80. The van der Waals surface area contributed by atoms with Crippen LogP contribution in [-0.4, -0.2) is 86.2 Å². The molecule has 0 aliphatic heterocycles. The molecule has 0 N–H and O–H groups in total. The zero-order chi connectivity index (χ0) is 22.1. The van der Waals surface area contributed by atoms with E-state index in [0.29, 0.717) is 6.04 Å². The predicted molar refractivity (Wildman–Crippen MR) is 123 cm³/mol. The van der Waals surface area contributed by atoms with Crippen molar-refractivity contribution in [2.45, 2.75) is 56.9 Å². The van der Waals surface area contributed by atoms with Crippen LogP contribution in [0.4, 0.5) is 0 Å². The number of hydrogen-bond acceptors (Lipinski definition) is 8. The van der Waals surface area contributed by atoms with E-state index in [2.05, 4.69) is 32.7 Å². The van der Waals surface area contributed by atoms with Crippen molar-refractivity contribution in [2.24, 2.45) is 0 Å². The summed E-state index contributed by atoms with van der Waals surface area (Å²) in [6.07, 6.45) is 0. The van der Waals surface area contributed by atoms with Crippen LogP contribution in [0.2, 0.25) is 56.9 Å². The maximum atomic E-state index is 6.80. The van der Waals surface area contributed by atoms with Crippen molar-refractivity contribution in [3.8, 4) is 0 Å². The molecule has 0 aliphatic carbocycles. The summed E-state index contributed by atoms with van der Waals surface area (Å²) in [4.78, 5) is 0. The van der Waals surface area contributed by atoms with Gasteiger partial charge >= 0.3 is 26.2 Å². The van der Waals surface area contributed by atoms with E-state index in [9.17, 15) is 0 Å². The molecule has 0 amide bonds. The summed E-state index contributed by atoms with van der Waals surface area (Å²) in [5, 5.41) is 0. The molecule has 0 spiro atoms. The molecule has 28 heavy (non-hydrogen) atoms. The molecule has 1 unspecified atom stereocenters. The highest BCUT2D eigenvalue weighted by Crippen LogP contribution is 2.30. The molecule has 0 bridgehead atoms. The van der Waals surface area contributed by atoms with Crippen LogP contribution in [0.25, 0.3) is 0 Å². The van der Waals surface area contributed by atoms with Crippen LogP contribution in [0.3, 0.4) is 0 Å². The molecule has 0 aromatic rings. The van der Waals surface area contributed by atoms with Gasteiger partial charge in [0.2, 0.25) is 0 Å². The fourth-order valence-corrected chi connectivity index (χ4v) is 22.7. The normalized spacial score (nSPS) is 15.9. The molecule has 0 radical (unpaired) electrons. The Labute approximate surface area is 177 Å². The Morgan fingerprint density at radius 3 is 1.25 bits per heavy atom. The van der Waals surface area contributed by atoms with Crippen LogP contribution < -0.4 is 0 Å². The molecule has 0 aromatic carbocycles. The molecule has 0 aliphatic rings. The molecule has 0 rings (SSSR count). The summed E-state index contributed by atoms with van der Waals surface area (Å²) in [7, 11) is -1.18. The first kappa shape index (κ1) is 28.8. The minimum atomic E-state index is -2.67. The van der Waals surface area contributed by atoms with Gasteiger partial charge in [-0.1, -0.05) is 0 Å². The summed E-state index contributed by atoms with van der Waals surface area (Å²) >= 11 is 0. The summed E-state index contributed by atoms with van der Waals surface area (Å²) in [6.45, 7) is 10.9. The molecular weight excluding hydrogens is 449 g/mol. The summed E-state index contributed by atoms with van der Waals surface area (Å²) in [5.41, 5.74) is 0. The first-order valence-electron chi connectivity index (χ1n) is 9.59. The smallest absolute Gasteiger partial charge is 0.439 e. The highest BCUT2D eigenvalue weighted by atomic mass is 28.5. The van der Waals surface area contributed by atoms with Crippen LogP contribution in [0, 0.1) is 0 Å². The number of rotatable bonds is 16. The van der Waals surface area contributed by atoms with Crippen LogP contribution in [0.5, 0.6) is 0 Å². The summed E-state index contributed by atoms with van der Waals surface area (Å²) < 4.78 is 46.7. The van der Waals surface area contributed by atoms with Crippen LogP contribution in [-0.2, 0) is 34.8 Å². The second-order valence-corrected chi connectivity index (χ2v) is 24.6. The Hall–Kier alpha value is 0.764. The lowest BCUT2D eigenvalue weighted by atomic mass is 10.9. The van der Waals surface area contributed by atoms with Gasteiger partial charge in [-0.15, -0.1) is 0 Å². The van der Waals surface area contributed by atoms with Gasteiger partial charge < -0.3 is 34.8 Å². The van der Waals surface area contributed by atoms with E-state index in [1.54, 1.807) is 42.7 Å². The standard InChI is InChI=1S/C15H42O8Si5/c1-16-27(17-2,18-3)14-12-25(9,10)23-26(11,22-24(7)8)13-15-28(19-4,20-5)21-6/h24H,12-15H2,1-11H3. The Kier molecular flexibility index (Phi) is 12.9. The quantitative estimate of drug-likeness (QED) is 0.306. The van der Waals surface area contributed by atoms with Gasteiger partial charge in [0, 0.05) is 54.7 Å².